The van der Waals surface area contributed by atoms with Gasteiger partial charge in [-0.05, 0) is 32.4 Å². The van der Waals surface area contributed by atoms with Gasteiger partial charge >= 0.3 is 0 Å². The van der Waals surface area contributed by atoms with Crippen LogP contribution in [0.25, 0.3) is 0 Å². The average molecular weight is 279 g/mol. The SMILES string of the molecule is CC1=C(C)C(=O)C(CC2=Nc3ccccc3C2)=C(C)C1=O. The maximum Gasteiger partial charge on any atom is 0.185 e. The number of hydrogen-bond donors (Lipinski definition) is 0. The van der Waals surface area contributed by atoms with E-state index in [4.69, 9.17) is 0 Å². The minimum atomic E-state index is -0.0155. The predicted octanol–water partition coefficient (Wildman–Crippen LogP) is 3.51. The van der Waals surface area contributed by atoms with Gasteiger partial charge in [-0.2, -0.15) is 0 Å². The molecule has 3 nitrogen and oxygen atoms in total. The number of carbonyl (C=O) groups is 2. The van der Waals surface area contributed by atoms with E-state index < -0.39 is 0 Å². The fourth-order valence-corrected chi connectivity index (χ4v) is 2.87. The number of nitrogens with zero attached hydrogens (tertiary/aromatic N) is 1. The van der Waals surface area contributed by atoms with Crippen molar-refractivity contribution in [2.75, 3.05) is 0 Å². The second-order valence-corrected chi connectivity index (χ2v) is 5.67. The minimum Gasteiger partial charge on any atom is -0.289 e. The number of Topliss-reactive ketones (excluding diaryl/α,β-unsaturated/α-hetero) is 2. The van der Waals surface area contributed by atoms with E-state index in [9.17, 15) is 9.59 Å². The van der Waals surface area contributed by atoms with E-state index in [0.29, 0.717) is 28.7 Å². The number of ketones is 2. The Morgan fingerprint density at radius 1 is 0.952 bits per heavy atom. The monoisotopic (exact) mass is 279 g/mol. The van der Waals surface area contributed by atoms with Crippen molar-refractivity contribution in [2.24, 2.45) is 4.99 Å². The molecule has 1 aliphatic heterocycles. The van der Waals surface area contributed by atoms with Gasteiger partial charge in [0.1, 0.15) is 0 Å². The molecular weight excluding hydrogens is 262 g/mol. The third-order valence-electron chi connectivity index (χ3n) is 4.36. The maximum absolute atomic E-state index is 12.4. The smallest absolute Gasteiger partial charge is 0.185 e. The van der Waals surface area contributed by atoms with E-state index in [2.05, 4.69) is 11.1 Å². The van der Waals surface area contributed by atoms with E-state index >= 15 is 0 Å². The Kier molecular flexibility index (Phi) is 3.20. The van der Waals surface area contributed by atoms with Crippen LogP contribution in [0.3, 0.4) is 0 Å². The van der Waals surface area contributed by atoms with E-state index in [1.54, 1.807) is 20.8 Å². The number of fused-ring (bicyclic) bond motifs is 1. The standard InChI is InChI=1S/C18H17NO2/c1-10-11(2)18(21)15(12(3)17(10)20)9-14-8-13-6-4-5-7-16(13)19-14/h4-7H,8-9H2,1-3H3. The Balaban J connectivity index is 1.90. The molecule has 0 aromatic heterocycles. The molecule has 0 spiro atoms. The third-order valence-corrected chi connectivity index (χ3v) is 4.36. The van der Waals surface area contributed by atoms with Crippen molar-refractivity contribution in [1.29, 1.82) is 0 Å². The molecule has 0 unspecified atom stereocenters. The number of allylic oxidation sites excluding steroid dienone is 4. The number of aliphatic imine (C=N–C) groups is 1. The maximum atomic E-state index is 12.4. The molecule has 3 rings (SSSR count). The zero-order valence-corrected chi connectivity index (χ0v) is 12.5. The molecular formula is C18H17NO2. The van der Waals surface area contributed by atoms with Crippen LogP contribution in [-0.2, 0) is 16.0 Å². The summed E-state index contributed by atoms with van der Waals surface area (Å²) in [7, 11) is 0. The van der Waals surface area contributed by atoms with Gasteiger partial charge in [-0.25, -0.2) is 0 Å². The van der Waals surface area contributed by atoms with Crippen LogP contribution in [0.15, 0.2) is 51.6 Å². The van der Waals surface area contributed by atoms with Crippen molar-refractivity contribution < 1.29 is 9.59 Å². The van der Waals surface area contributed by atoms with Gasteiger partial charge in [0, 0.05) is 40.8 Å². The van der Waals surface area contributed by atoms with Crippen molar-refractivity contribution in [3.8, 4) is 0 Å². The van der Waals surface area contributed by atoms with Gasteiger partial charge in [0.15, 0.2) is 11.6 Å². The summed E-state index contributed by atoms with van der Waals surface area (Å²) in [4.78, 5) is 29.2. The molecule has 21 heavy (non-hydrogen) atoms. The molecule has 3 heteroatoms. The fraction of sp³-hybridized carbons (Fsp3) is 0.278. The van der Waals surface area contributed by atoms with Gasteiger partial charge in [0.05, 0.1) is 5.69 Å². The Morgan fingerprint density at radius 3 is 2.33 bits per heavy atom. The van der Waals surface area contributed by atoms with E-state index in [1.807, 2.05) is 18.2 Å². The van der Waals surface area contributed by atoms with Crippen LogP contribution in [0.5, 0.6) is 0 Å². The number of para-hydroxylation sites is 1. The highest BCUT2D eigenvalue weighted by Crippen LogP contribution is 2.31. The Labute approximate surface area is 124 Å². The third kappa shape index (κ3) is 2.19. The summed E-state index contributed by atoms with van der Waals surface area (Å²) in [5.41, 5.74) is 5.43. The Morgan fingerprint density at radius 2 is 1.62 bits per heavy atom. The van der Waals surface area contributed by atoms with E-state index in [0.717, 1.165) is 17.8 Å². The topological polar surface area (TPSA) is 46.5 Å². The summed E-state index contributed by atoms with van der Waals surface area (Å²) in [5.74, 6) is -0.0264. The van der Waals surface area contributed by atoms with Crippen LogP contribution in [0.4, 0.5) is 5.69 Å². The summed E-state index contributed by atoms with van der Waals surface area (Å²) >= 11 is 0. The quantitative estimate of drug-likeness (QED) is 0.778. The van der Waals surface area contributed by atoms with Gasteiger partial charge in [-0.1, -0.05) is 18.2 Å². The first-order chi connectivity index (χ1) is 9.99. The zero-order chi connectivity index (χ0) is 15.1. The molecule has 1 aromatic rings. The van der Waals surface area contributed by atoms with Crippen LogP contribution in [0.1, 0.15) is 32.8 Å². The number of rotatable bonds is 2. The predicted molar refractivity (Wildman–Crippen MR) is 82.9 cm³/mol. The molecule has 1 heterocycles. The highest BCUT2D eigenvalue weighted by molar-refractivity contribution is 6.26. The summed E-state index contributed by atoms with van der Waals surface area (Å²) in [5, 5.41) is 0. The average Bonchev–Trinajstić information content (AvgIpc) is 2.90. The second-order valence-electron chi connectivity index (χ2n) is 5.67. The molecule has 2 aliphatic rings. The molecule has 0 radical (unpaired) electrons. The lowest BCUT2D eigenvalue weighted by molar-refractivity contribution is -0.116. The lowest BCUT2D eigenvalue weighted by Gasteiger charge is -2.18. The van der Waals surface area contributed by atoms with Gasteiger partial charge in [-0.15, -0.1) is 0 Å². The van der Waals surface area contributed by atoms with Crippen LogP contribution >= 0.6 is 0 Å². The molecule has 0 bridgehead atoms. The molecule has 1 aliphatic carbocycles. The van der Waals surface area contributed by atoms with Crippen molar-refractivity contribution in [1.82, 2.24) is 0 Å². The Hall–Kier alpha value is -2.29. The highest BCUT2D eigenvalue weighted by atomic mass is 16.1. The lowest BCUT2D eigenvalue weighted by atomic mass is 9.83. The molecule has 106 valence electrons. The molecule has 0 N–H and O–H groups in total. The molecule has 0 saturated heterocycles. The highest BCUT2D eigenvalue weighted by Gasteiger charge is 2.29. The van der Waals surface area contributed by atoms with E-state index in [1.165, 1.54) is 5.56 Å². The number of hydrogen-bond acceptors (Lipinski definition) is 3. The lowest BCUT2D eigenvalue weighted by Crippen LogP contribution is -2.22. The van der Waals surface area contributed by atoms with Crippen LogP contribution in [-0.4, -0.2) is 17.3 Å². The zero-order valence-electron chi connectivity index (χ0n) is 12.5. The van der Waals surface area contributed by atoms with Gasteiger partial charge in [0.2, 0.25) is 0 Å². The summed E-state index contributed by atoms with van der Waals surface area (Å²) in [6, 6.07) is 7.98. The van der Waals surface area contributed by atoms with Crippen molar-refractivity contribution >= 4 is 23.0 Å². The van der Waals surface area contributed by atoms with Crippen LogP contribution < -0.4 is 0 Å². The molecule has 0 fully saturated rings. The second kappa shape index (κ2) is 4.92. The van der Waals surface area contributed by atoms with E-state index in [-0.39, 0.29) is 11.6 Å². The number of benzene rings is 1. The summed E-state index contributed by atoms with van der Waals surface area (Å²) in [6.45, 7) is 5.19. The van der Waals surface area contributed by atoms with Crippen LogP contribution in [0, 0.1) is 0 Å². The first-order valence-corrected chi connectivity index (χ1v) is 7.10. The van der Waals surface area contributed by atoms with Crippen molar-refractivity contribution in [3.63, 3.8) is 0 Å². The Bertz CT molecular complexity index is 763. The molecule has 1 aromatic carbocycles. The van der Waals surface area contributed by atoms with Crippen molar-refractivity contribution in [2.45, 2.75) is 33.6 Å². The summed E-state index contributed by atoms with van der Waals surface area (Å²) in [6.07, 6.45) is 1.23. The number of carbonyl (C=O) groups excluding carboxylic acids is 2. The molecule has 0 amide bonds. The van der Waals surface area contributed by atoms with Crippen LogP contribution in [0.2, 0.25) is 0 Å². The van der Waals surface area contributed by atoms with Gasteiger partial charge < -0.3 is 0 Å². The molecule has 0 atom stereocenters. The summed E-state index contributed by atoms with van der Waals surface area (Å²) < 4.78 is 0. The van der Waals surface area contributed by atoms with Gasteiger partial charge in [-0.3, -0.25) is 14.6 Å². The first-order valence-electron chi connectivity index (χ1n) is 7.10. The first kappa shape index (κ1) is 13.7. The molecule has 0 saturated carbocycles. The van der Waals surface area contributed by atoms with Crippen molar-refractivity contribution in [3.05, 3.63) is 52.1 Å². The minimum absolute atomic E-state index is 0.0109. The fourth-order valence-electron chi connectivity index (χ4n) is 2.87. The normalized spacial score (nSPS) is 18.3. The van der Waals surface area contributed by atoms with Gasteiger partial charge in [0.25, 0.3) is 0 Å². The largest absolute Gasteiger partial charge is 0.289 e.